The largest absolute Gasteiger partial charge is 0.338 e. The summed E-state index contributed by atoms with van der Waals surface area (Å²) in [5, 5.41) is 0. The fraction of sp³-hybridized carbons (Fsp3) is 0. The predicted octanol–water partition coefficient (Wildman–Crippen LogP) is -1.63. The lowest BCUT2D eigenvalue weighted by Gasteiger charge is -1.84. The van der Waals surface area contributed by atoms with Crippen molar-refractivity contribution in [1.29, 1.82) is 0 Å². The van der Waals surface area contributed by atoms with Crippen molar-refractivity contribution in [3.05, 3.63) is 0 Å². The first-order valence-corrected chi connectivity index (χ1v) is 2.96. The zero-order valence-electron chi connectivity index (χ0n) is 3.25. The van der Waals surface area contributed by atoms with Crippen LogP contribution in [0.2, 0.25) is 0 Å². The van der Waals surface area contributed by atoms with Crippen molar-refractivity contribution in [2.24, 2.45) is 4.40 Å². The average molecular weight is 121 g/mol. The van der Waals surface area contributed by atoms with Gasteiger partial charge in [0.05, 0.1) is 0 Å². The Bertz CT molecular complexity index is 179. The molecule has 1 rings (SSSR count). The maximum Gasteiger partial charge on any atom is 0.338 e. The number of hydrazine groups is 1. The van der Waals surface area contributed by atoms with Crippen LogP contribution in [0.15, 0.2) is 4.40 Å². The van der Waals surface area contributed by atoms with Crippen LogP contribution in [0.25, 0.3) is 0 Å². The predicted molar refractivity (Wildman–Crippen MR) is 23.7 cm³/mol. The highest BCUT2D eigenvalue weighted by molar-refractivity contribution is 7.88. The molecule has 1 heterocycles. The second-order valence-corrected chi connectivity index (χ2v) is 2.32. The Morgan fingerprint density at radius 2 is 2.29 bits per heavy atom. The van der Waals surface area contributed by atoms with Gasteiger partial charge in [-0.3, -0.25) is 5.43 Å². The van der Waals surface area contributed by atoms with E-state index in [9.17, 15) is 8.42 Å². The van der Waals surface area contributed by atoms with Gasteiger partial charge in [0.2, 0.25) is 0 Å². The molecule has 0 fully saturated rings. The number of nitrogens with one attached hydrogen (secondary N) is 2. The molecule has 1 aliphatic rings. The van der Waals surface area contributed by atoms with Crippen LogP contribution < -0.4 is 10.3 Å². The van der Waals surface area contributed by atoms with E-state index in [-0.39, 0.29) is 0 Å². The van der Waals surface area contributed by atoms with Crippen LogP contribution in [0.4, 0.5) is 0 Å². The number of hydrogen-bond donors (Lipinski definition) is 2. The minimum atomic E-state index is -3.34. The van der Waals surface area contributed by atoms with Crippen LogP contribution in [-0.4, -0.2) is 14.8 Å². The second kappa shape index (κ2) is 1.17. The van der Waals surface area contributed by atoms with E-state index in [1.54, 1.807) is 0 Å². The van der Waals surface area contributed by atoms with Crippen LogP contribution in [0.1, 0.15) is 0 Å². The highest BCUT2D eigenvalue weighted by Gasteiger charge is 2.07. The first kappa shape index (κ1) is 4.54. The third-order valence-corrected chi connectivity index (χ3v) is 1.20. The Balaban J connectivity index is 2.99. The standard InChI is InChI=1S/CH3N3O2S/c5-7(6)3-1-2-4-7/h1,4H,(H,2,3). The van der Waals surface area contributed by atoms with Gasteiger partial charge in [-0.2, -0.15) is 8.42 Å². The Labute approximate surface area is 40.6 Å². The third-order valence-electron chi connectivity index (χ3n) is 0.444. The summed E-state index contributed by atoms with van der Waals surface area (Å²) < 4.78 is 23.1. The molecule has 0 aliphatic carbocycles. The first-order valence-electron chi connectivity index (χ1n) is 1.52. The van der Waals surface area contributed by atoms with Crippen LogP contribution in [0.3, 0.4) is 0 Å². The van der Waals surface area contributed by atoms with Gasteiger partial charge in [0.1, 0.15) is 6.34 Å². The van der Waals surface area contributed by atoms with Gasteiger partial charge in [0.15, 0.2) is 0 Å². The normalized spacial score (nSPS) is 24.6. The lowest BCUT2D eigenvalue weighted by molar-refractivity contribution is 0.585. The number of hydrogen-bond acceptors (Lipinski definition) is 3. The Kier molecular flexibility index (Phi) is 0.760. The summed E-state index contributed by atoms with van der Waals surface area (Å²) in [5.41, 5.74) is 2.18. The van der Waals surface area contributed by atoms with Crippen molar-refractivity contribution >= 4 is 16.5 Å². The molecule has 0 saturated carbocycles. The lowest BCUT2D eigenvalue weighted by atomic mass is 11.4. The zero-order chi connectivity index (χ0) is 5.33. The molecule has 0 amide bonds. The van der Waals surface area contributed by atoms with Crippen molar-refractivity contribution in [2.75, 3.05) is 0 Å². The van der Waals surface area contributed by atoms with Crippen LogP contribution in [0, 0.1) is 0 Å². The summed E-state index contributed by atoms with van der Waals surface area (Å²) in [5.74, 6) is 0. The molecule has 1 aliphatic heterocycles. The Morgan fingerprint density at radius 3 is 2.43 bits per heavy atom. The number of rotatable bonds is 0. The van der Waals surface area contributed by atoms with Crippen molar-refractivity contribution in [1.82, 2.24) is 10.3 Å². The van der Waals surface area contributed by atoms with E-state index in [4.69, 9.17) is 0 Å². The van der Waals surface area contributed by atoms with Gasteiger partial charge in [-0.1, -0.05) is 0 Å². The molecule has 7 heavy (non-hydrogen) atoms. The molecule has 0 spiro atoms. The average Bonchev–Trinajstić information content (AvgIpc) is 1.84. The fourth-order valence-corrected chi connectivity index (χ4v) is 0.669. The maximum absolute atomic E-state index is 10.1. The molecule has 5 nitrogen and oxygen atoms in total. The van der Waals surface area contributed by atoms with Crippen molar-refractivity contribution in [3.63, 3.8) is 0 Å². The molecule has 0 unspecified atom stereocenters. The van der Waals surface area contributed by atoms with Crippen molar-refractivity contribution in [3.8, 4) is 0 Å². The molecule has 0 aromatic heterocycles. The molecule has 0 radical (unpaired) electrons. The fourth-order valence-electron chi connectivity index (χ4n) is 0.223. The highest BCUT2D eigenvalue weighted by Crippen LogP contribution is 1.83. The maximum atomic E-state index is 10.1. The molecule has 0 saturated heterocycles. The SMILES string of the molecule is O=S1(=O)N=CNN1. The summed E-state index contributed by atoms with van der Waals surface area (Å²) >= 11 is 0. The van der Waals surface area contributed by atoms with Gasteiger partial charge in [0, 0.05) is 0 Å². The van der Waals surface area contributed by atoms with Crippen molar-refractivity contribution in [2.45, 2.75) is 0 Å². The molecule has 0 aromatic carbocycles. The smallest absolute Gasteiger partial charge is 0.296 e. The van der Waals surface area contributed by atoms with Gasteiger partial charge < -0.3 is 0 Å². The Morgan fingerprint density at radius 1 is 1.57 bits per heavy atom. The molecule has 0 atom stereocenters. The highest BCUT2D eigenvalue weighted by atomic mass is 32.2. The lowest BCUT2D eigenvalue weighted by Crippen LogP contribution is -2.27. The van der Waals surface area contributed by atoms with Crippen LogP contribution >= 0.6 is 0 Å². The van der Waals surface area contributed by atoms with Gasteiger partial charge >= 0.3 is 10.2 Å². The number of nitrogens with zero attached hydrogens (tertiary/aromatic N) is 1. The molecular weight excluding hydrogens is 118 g/mol. The first-order chi connectivity index (χ1) is 3.21. The van der Waals surface area contributed by atoms with E-state index >= 15 is 0 Å². The summed E-state index contributed by atoms with van der Waals surface area (Å²) in [6, 6.07) is 0. The summed E-state index contributed by atoms with van der Waals surface area (Å²) in [6.45, 7) is 0. The Hall–Kier alpha value is -0.620. The van der Waals surface area contributed by atoms with Gasteiger partial charge in [-0.15, -0.1) is 9.23 Å². The van der Waals surface area contributed by atoms with Crippen LogP contribution in [-0.2, 0) is 10.2 Å². The monoisotopic (exact) mass is 121 g/mol. The molecule has 0 aromatic rings. The molecular formula is CH3N3O2S. The third kappa shape index (κ3) is 0.875. The topological polar surface area (TPSA) is 70.6 Å². The molecule has 40 valence electrons. The minimum absolute atomic E-state index is 1.06. The quantitative estimate of drug-likeness (QED) is 0.404. The van der Waals surface area contributed by atoms with E-state index in [0.717, 1.165) is 6.34 Å². The van der Waals surface area contributed by atoms with E-state index in [1.807, 2.05) is 4.83 Å². The molecule has 2 N–H and O–H groups in total. The second-order valence-electron chi connectivity index (χ2n) is 0.956. The molecule has 6 heteroatoms. The van der Waals surface area contributed by atoms with Gasteiger partial charge in [0.25, 0.3) is 0 Å². The van der Waals surface area contributed by atoms with Crippen LogP contribution in [0.5, 0.6) is 0 Å². The minimum Gasteiger partial charge on any atom is -0.296 e. The summed E-state index contributed by atoms with van der Waals surface area (Å²) in [7, 11) is -3.34. The van der Waals surface area contributed by atoms with Gasteiger partial charge in [-0.05, 0) is 0 Å². The van der Waals surface area contributed by atoms with Gasteiger partial charge in [-0.25, -0.2) is 0 Å². The summed E-state index contributed by atoms with van der Waals surface area (Å²) in [4.78, 5) is 1.90. The van der Waals surface area contributed by atoms with Crippen molar-refractivity contribution < 1.29 is 8.42 Å². The van der Waals surface area contributed by atoms with E-state index < -0.39 is 10.2 Å². The molecule has 0 bridgehead atoms. The van der Waals surface area contributed by atoms with E-state index in [0.29, 0.717) is 0 Å². The van der Waals surface area contributed by atoms with E-state index in [1.165, 1.54) is 0 Å². The van der Waals surface area contributed by atoms with E-state index in [2.05, 4.69) is 9.82 Å². The summed E-state index contributed by atoms with van der Waals surface area (Å²) in [6.07, 6.45) is 1.06. The zero-order valence-corrected chi connectivity index (χ0v) is 4.07.